The van der Waals surface area contributed by atoms with Gasteiger partial charge in [-0.2, -0.15) is 0 Å². The molecule has 36 heavy (non-hydrogen) atoms. The van der Waals surface area contributed by atoms with E-state index in [2.05, 4.69) is 41.9 Å². The molecule has 6 heteroatoms. The van der Waals surface area contributed by atoms with Crippen molar-refractivity contribution in [2.45, 2.75) is 29.9 Å². The number of hydrogen-bond donors (Lipinski definition) is 3. The van der Waals surface area contributed by atoms with Crippen molar-refractivity contribution in [2.75, 3.05) is 16.0 Å². The fourth-order valence-electron chi connectivity index (χ4n) is 3.66. The first-order valence-electron chi connectivity index (χ1n) is 11.8. The van der Waals surface area contributed by atoms with Crippen LogP contribution in [-0.4, -0.2) is 11.0 Å². The minimum atomic E-state index is -0.416. The summed E-state index contributed by atoms with van der Waals surface area (Å²) in [4.78, 5) is 14.4. The average Bonchev–Trinajstić information content (AvgIpc) is 2.89. The standard InChI is InChI=1S/C30H29N3OS2/c1-21(2)22-16-18-25(19-17-22)31-29(34)28(23-10-5-3-6-11-23)36-27-15-9-14-26(20-27)33-30(35)32-24-12-7-4-8-13-24/h3-21,28H,1-2H3,(H,31,34)(H2,32,33,35). The molecule has 0 heterocycles. The van der Waals surface area contributed by atoms with Crippen LogP contribution in [-0.2, 0) is 4.79 Å². The molecule has 4 aromatic rings. The van der Waals surface area contributed by atoms with Gasteiger partial charge in [0.2, 0.25) is 5.91 Å². The molecule has 0 fully saturated rings. The maximum Gasteiger partial charge on any atom is 0.242 e. The van der Waals surface area contributed by atoms with Gasteiger partial charge in [0.05, 0.1) is 0 Å². The van der Waals surface area contributed by atoms with Crippen molar-refractivity contribution in [3.63, 3.8) is 0 Å². The van der Waals surface area contributed by atoms with Gasteiger partial charge in [0.1, 0.15) is 5.25 Å². The predicted octanol–water partition coefficient (Wildman–Crippen LogP) is 8.09. The smallest absolute Gasteiger partial charge is 0.242 e. The van der Waals surface area contributed by atoms with Gasteiger partial charge in [0.15, 0.2) is 5.11 Å². The van der Waals surface area contributed by atoms with Crippen molar-refractivity contribution in [3.8, 4) is 0 Å². The number of nitrogens with one attached hydrogen (secondary N) is 3. The van der Waals surface area contributed by atoms with Gasteiger partial charge >= 0.3 is 0 Å². The number of amides is 1. The van der Waals surface area contributed by atoms with Gasteiger partial charge in [-0.1, -0.05) is 80.6 Å². The monoisotopic (exact) mass is 511 g/mol. The van der Waals surface area contributed by atoms with Crippen molar-refractivity contribution < 1.29 is 4.79 Å². The summed E-state index contributed by atoms with van der Waals surface area (Å²) >= 11 is 6.98. The minimum absolute atomic E-state index is 0.0666. The Kier molecular flexibility index (Phi) is 8.76. The molecule has 0 radical (unpaired) electrons. The van der Waals surface area contributed by atoms with Gasteiger partial charge in [0, 0.05) is 22.0 Å². The average molecular weight is 512 g/mol. The van der Waals surface area contributed by atoms with Crippen LogP contribution in [0.25, 0.3) is 0 Å². The summed E-state index contributed by atoms with van der Waals surface area (Å²) < 4.78 is 0. The molecule has 0 aromatic heterocycles. The fourth-order valence-corrected chi connectivity index (χ4v) is 4.98. The lowest BCUT2D eigenvalue weighted by Gasteiger charge is -2.18. The summed E-state index contributed by atoms with van der Waals surface area (Å²) in [6, 6.07) is 35.6. The molecular weight excluding hydrogens is 482 g/mol. The Balaban J connectivity index is 1.48. The molecule has 4 aromatic carbocycles. The van der Waals surface area contributed by atoms with E-state index in [4.69, 9.17) is 12.2 Å². The lowest BCUT2D eigenvalue weighted by Crippen LogP contribution is -2.19. The van der Waals surface area contributed by atoms with Gasteiger partial charge in [-0.25, -0.2) is 0 Å². The number of hydrogen-bond acceptors (Lipinski definition) is 3. The van der Waals surface area contributed by atoms with E-state index in [1.54, 1.807) is 0 Å². The van der Waals surface area contributed by atoms with Gasteiger partial charge in [-0.15, -0.1) is 11.8 Å². The third kappa shape index (κ3) is 7.20. The Morgan fingerprint density at radius 3 is 1.92 bits per heavy atom. The second kappa shape index (κ2) is 12.4. The molecule has 1 amide bonds. The van der Waals surface area contributed by atoms with E-state index in [1.807, 2.05) is 97.1 Å². The van der Waals surface area contributed by atoms with E-state index in [1.165, 1.54) is 17.3 Å². The van der Waals surface area contributed by atoms with E-state index < -0.39 is 5.25 Å². The zero-order chi connectivity index (χ0) is 25.3. The number of thiocarbonyl (C=S) groups is 1. The Morgan fingerprint density at radius 2 is 1.25 bits per heavy atom. The Bertz CT molecular complexity index is 1290. The first-order chi connectivity index (χ1) is 17.5. The van der Waals surface area contributed by atoms with E-state index in [-0.39, 0.29) is 5.91 Å². The van der Waals surface area contributed by atoms with Crippen molar-refractivity contribution >= 4 is 52.1 Å². The van der Waals surface area contributed by atoms with Crippen LogP contribution in [0.15, 0.2) is 114 Å². The highest BCUT2D eigenvalue weighted by atomic mass is 32.2. The number of rotatable bonds is 8. The van der Waals surface area contributed by atoms with E-state index >= 15 is 0 Å². The summed E-state index contributed by atoms with van der Waals surface area (Å²) in [5, 5.41) is 9.60. The van der Waals surface area contributed by atoms with Crippen LogP contribution in [0.2, 0.25) is 0 Å². The van der Waals surface area contributed by atoms with Crippen LogP contribution in [0.1, 0.15) is 36.1 Å². The molecule has 0 saturated carbocycles. The number of carbonyl (C=O) groups excluding carboxylic acids is 1. The highest BCUT2D eigenvalue weighted by molar-refractivity contribution is 8.00. The zero-order valence-electron chi connectivity index (χ0n) is 20.3. The van der Waals surface area contributed by atoms with Crippen molar-refractivity contribution in [1.82, 2.24) is 0 Å². The molecule has 4 rings (SSSR count). The number of benzene rings is 4. The Hall–Kier alpha value is -3.61. The largest absolute Gasteiger partial charge is 0.332 e. The van der Waals surface area contributed by atoms with Crippen molar-refractivity contribution in [2.24, 2.45) is 0 Å². The fraction of sp³-hybridized carbons (Fsp3) is 0.133. The molecule has 182 valence electrons. The van der Waals surface area contributed by atoms with E-state index in [0.717, 1.165) is 27.5 Å². The summed E-state index contributed by atoms with van der Waals surface area (Å²) in [5.41, 5.74) is 4.75. The first-order valence-corrected chi connectivity index (χ1v) is 13.1. The van der Waals surface area contributed by atoms with Crippen LogP contribution in [0, 0.1) is 0 Å². The zero-order valence-corrected chi connectivity index (χ0v) is 21.9. The normalized spacial score (nSPS) is 11.5. The molecule has 0 aliphatic rings. The summed E-state index contributed by atoms with van der Waals surface area (Å²) in [5.74, 6) is 0.377. The lowest BCUT2D eigenvalue weighted by atomic mass is 10.0. The second-order valence-electron chi connectivity index (χ2n) is 8.65. The van der Waals surface area contributed by atoms with Crippen LogP contribution in [0.3, 0.4) is 0 Å². The maximum absolute atomic E-state index is 13.4. The number of carbonyl (C=O) groups is 1. The maximum atomic E-state index is 13.4. The number of anilines is 3. The molecule has 0 saturated heterocycles. The molecule has 1 unspecified atom stereocenters. The minimum Gasteiger partial charge on any atom is -0.332 e. The van der Waals surface area contributed by atoms with Crippen molar-refractivity contribution in [1.29, 1.82) is 0 Å². The molecule has 0 bridgehead atoms. The number of thioether (sulfide) groups is 1. The molecule has 1 atom stereocenters. The second-order valence-corrected chi connectivity index (χ2v) is 10.2. The van der Waals surface area contributed by atoms with Crippen molar-refractivity contribution in [3.05, 3.63) is 120 Å². The van der Waals surface area contributed by atoms with Gasteiger partial charge < -0.3 is 16.0 Å². The lowest BCUT2D eigenvalue weighted by molar-refractivity contribution is -0.115. The molecule has 0 spiro atoms. The summed E-state index contributed by atoms with van der Waals surface area (Å²) in [6.45, 7) is 4.31. The van der Waals surface area contributed by atoms with Gasteiger partial charge in [0.25, 0.3) is 0 Å². The number of para-hydroxylation sites is 1. The van der Waals surface area contributed by atoms with Crippen LogP contribution in [0.4, 0.5) is 17.1 Å². The topological polar surface area (TPSA) is 53.2 Å². The third-order valence-electron chi connectivity index (χ3n) is 5.56. The van der Waals surface area contributed by atoms with Crippen LogP contribution in [0.5, 0.6) is 0 Å². The van der Waals surface area contributed by atoms with E-state index in [0.29, 0.717) is 11.0 Å². The molecule has 0 aliphatic carbocycles. The highest BCUT2D eigenvalue weighted by Gasteiger charge is 2.22. The molecule has 4 nitrogen and oxygen atoms in total. The third-order valence-corrected chi connectivity index (χ3v) is 7.02. The quantitative estimate of drug-likeness (QED) is 0.165. The van der Waals surface area contributed by atoms with Gasteiger partial charge in [-0.3, -0.25) is 4.79 Å². The van der Waals surface area contributed by atoms with Crippen LogP contribution >= 0.6 is 24.0 Å². The first kappa shape index (κ1) is 25.5. The summed E-state index contributed by atoms with van der Waals surface area (Å²) in [7, 11) is 0. The molecule has 3 N–H and O–H groups in total. The van der Waals surface area contributed by atoms with Gasteiger partial charge in [-0.05, 0) is 71.7 Å². The predicted molar refractivity (Wildman–Crippen MR) is 157 cm³/mol. The Labute approximate surface area is 222 Å². The Morgan fingerprint density at radius 1 is 0.667 bits per heavy atom. The SMILES string of the molecule is CC(C)c1ccc(NC(=O)C(Sc2cccc(NC(=S)Nc3ccccc3)c2)c2ccccc2)cc1. The highest BCUT2D eigenvalue weighted by Crippen LogP contribution is 2.37. The van der Waals surface area contributed by atoms with E-state index in [9.17, 15) is 4.79 Å². The van der Waals surface area contributed by atoms with Crippen LogP contribution < -0.4 is 16.0 Å². The molecular formula is C30H29N3OS2. The summed E-state index contributed by atoms with van der Waals surface area (Å²) in [6.07, 6.45) is 0. The molecule has 0 aliphatic heterocycles.